The van der Waals surface area contributed by atoms with Gasteiger partial charge in [-0.25, -0.2) is 0 Å². The molecular formula is C12H25N3S. The Hall–Kier alpha value is -0.350. The van der Waals surface area contributed by atoms with Gasteiger partial charge in [0.2, 0.25) is 0 Å². The van der Waals surface area contributed by atoms with E-state index >= 15 is 0 Å². The van der Waals surface area contributed by atoms with E-state index in [0.29, 0.717) is 18.1 Å². The minimum Gasteiger partial charge on any atom is -0.361 e. The molecule has 2 N–H and O–H groups in total. The zero-order chi connectivity index (χ0) is 12.1. The third kappa shape index (κ3) is 4.26. The fourth-order valence-corrected chi connectivity index (χ4v) is 2.76. The first-order chi connectivity index (χ1) is 7.50. The van der Waals surface area contributed by atoms with Gasteiger partial charge >= 0.3 is 0 Å². The van der Waals surface area contributed by atoms with E-state index in [4.69, 9.17) is 12.2 Å². The molecule has 16 heavy (non-hydrogen) atoms. The van der Waals surface area contributed by atoms with Gasteiger partial charge in [0.15, 0.2) is 5.11 Å². The molecule has 0 heterocycles. The van der Waals surface area contributed by atoms with Crippen molar-refractivity contribution in [1.29, 1.82) is 0 Å². The summed E-state index contributed by atoms with van der Waals surface area (Å²) in [7, 11) is 4.31. The van der Waals surface area contributed by atoms with E-state index in [-0.39, 0.29) is 0 Å². The van der Waals surface area contributed by atoms with Crippen molar-refractivity contribution < 1.29 is 0 Å². The van der Waals surface area contributed by atoms with Crippen molar-refractivity contribution in [3.63, 3.8) is 0 Å². The summed E-state index contributed by atoms with van der Waals surface area (Å²) in [4.78, 5) is 2.31. The highest BCUT2D eigenvalue weighted by molar-refractivity contribution is 7.80. The van der Waals surface area contributed by atoms with Gasteiger partial charge in [0.1, 0.15) is 0 Å². The zero-order valence-electron chi connectivity index (χ0n) is 10.9. The van der Waals surface area contributed by atoms with Crippen LogP contribution in [0.25, 0.3) is 0 Å². The Balaban J connectivity index is 2.46. The predicted molar refractivity (Wildman–Crippen MR) is 73.7 cm³/mol. The smallest absolute Gasteiger partial charge is 0.166 e. The number of nitrogens with zero attached hydrogens (tertiary/aromatic N) is 1. The van der Waals surface area contributed by atoms with Crippen molar-refractivity contribution in [1.82, 2.24) is 15.5 Å². The Bertz CT molecular complexity index is 228. The van der Waals surface area contributed by atoms with E-state index in [1.54, 1.807) is 0 Å². The summed E-state index contributed by atoms with van der Waals surface area (Å²) in [6.07, 6.45) is 5.15. The Morgan fingerprint density at radius 3 is 2.44 bits per heavy atom. The quantitative estimate of drug-likeness (QED) is 0.738. The van der Waals surface area contributed by atoms with Gasteiger partial charge in [-0.2, -0.15) is 0 Å². The van der Waals surface area contributed by atoms with Crippen molar-refractivity contribution in [2.24, 2.45) is 0 Å². The number of hydrogen-bond donors (Lipinski definition) is 2. The third-order valence-corrected chi connectivity index (χ3v) is 3.36. The Kier molecular flexibility index (Phi) is 5.49. The van der Waals surface area contributed by atoms with Gasteiger partial charge < -0.3 is 15.5 Å². The molecule has 0 aromatic heterocycles. The molecule has 0 amide bonds. The summed E-state index contributed by atoms with van der Waals surface area (Å²) in [6, 6.07) is 1.52. The van der Waals surface area contributed by atoms with E-state index in [2.05, 4.69) is 43.5 Å². The number of rotatable bonds is 3. The second-order valence-electron chi connectivity index (χ2n) is 5.19. The van der Waals surface area contributed by atoms with Crippen LogP contribution in [-0.2, 0) is 0 Å². The molecule has 1 aliphatic rings. The van der Waals surface area contributed by atoms with Crippen molar-refractivity contribution in [2.45, 2.75) is 57.7 Å². The lowest BCUT2D eigenvalue weighted by molar-refractivity contribution is 0.189. The molecule has 0 radical (unpaired) electrons. The van der Waals surface area contributed by atoms with E-state index in [0.717, 1.165) is 5.11 Å². The minimum absolute atomic E-state index is 0.404. The van der Waals surface area contributed by atoms with Crippen LogP contribution in [0.2, 0.25) is 0 Å². The minimum atomic E-state index is 0.404. The van der Waals surface area contributed by atoms with Gasteiger partial charge in [0.05, 0.1) is 0 Å². The highest BCUT2D eigenvalue weighted by Crippen LogP contribution is 2.21. The van der Waals surface area contributed by atoms with Crippen LogP contribution in [0.4, 0.5) is 0 Å². The number of thiocarbonyl (C=S) groups is 1. The van der Waals surface area contributed by atoms with Gasteiger partial charge in [0.25, 0.3) is 0 Å². The van der Waals surface area contributed by atoms with Crippen LogP contribution in [-0.4, -0.2) is 42.2 Å². The monoisotopic (exact) mass is 243 g/mol. The average molecular weight is 243 g/mol. The maximum absolute atomic E-state index is 5.31. The molecular weight excluding hydrogens is 218 g/mol. The first-order valence-corrected chi connectivity index (χ1v) is 6.65. The number of hydrogen-bond acceptors (Lipinski definition) is 2. The Morgan fingerprint density at radius 2 is 1.88 bits per heavy atom. The van der Waals surface area contributed by atoms with E-state index in [9.17, 15) is 0 Å². The second kappa shape index (κ2) is 6.40. The topological polar surface area (TPSA) is 27.3 Å². The number of likely N-dealkylation sites (N-methyl/N-ethyl adjacent to an activating group) is 1. The van der Waals surface area contributed by atoms with Crippen molar-refractivity contribution in [2.75, 3.05) is 14.1 Å². The van der Waals surface area contributed by atoms with Crippen LogP contribution in [0, 0.1) is 0 Å². The summed E-state index contributed by atoms with van der Waals surface area (Å²) in [5, 5.41) is 7.51. The molecule has 1 saturated carbocycles. The molecule has 4 heteroatoms. The maximum atomic E-state index is 5.31. The van der Waals surface area contributed by atoms with Crippen molar-refractivity contribution >= 4 is 17.3 Å². The fourth-order valence-electron chi connectivity index (χ4n) is 2.37. The molecule has 0 aliphatic heterocycles. The normalized spacial score (nSPS) is 25.9. The second-order valence-corrected chi connectivity index (χ2v) is 5.60. The van der Waals surface area contributed by atoms with Crippen LogP contribution >= 0.6 is 12.2 Å². The standard InChI is InChI=1S/C12H25N3S/c1-9(2)13-12(16)14-10-7-5-6-8-11(10)15(3)4/h9-11H,5-8H2,1-4H3,(H2,13,14,16)/t10-,11-/m1/s1. The number of nitrogens with one attached hydrogen (secondary N) is 2. The molecule has 0 aromatic carbocycles. The highest BCUT2D eigenvalue weighted by atomic mass is 32.1. The first kappa shape index (κ1) is 13.7. The molecule has 0 aromatic rings. The molecule has 2 atom stereocenters. The van der Waals surface area contributed by atoms with E-state index < -0.39 is 0 Å². The predicted octanol–water partition coefficient (Wildman–Crippen LogP) is 1.73. The average Bonchev–Trinajstić information content (AvgIpc) is 2.16. The lowest BCUT2D eigenvalue weighted by atomic mass is 9.90. The molecule has 1 rings (SSSR count). The van der Waals surface area contributed by atoms with Crippen LogP contribution in [0.15, 0.2) is 0 Å². The molecule has 1 aliphatic carbocycles. The van der Waals surface area contributed by atoms with Crippen LogP contribution in [0.1, 0.15) is 39.5 Å². The van der Waals surface area contributed by atoms with Crippen molar-refractivity contribution in [3.05, 3.63) is 0 Å². The fraction of sp³-hybridized carbons (Fsp3) is 0.917. The zero-order valence-corrected chi connectivity index (χ0v) is 11.7. The lowest BCUT2D eigenvalue weighted by Gasteiger charge is -2.37. The largest absolute Gasteiger partial charge is 0.361 e. The van der Waals surface area contributed by atoms with Gasteiger partial charge in [0, 0.05) is 18.1 Å². The molecule has 3 nitrogen and oxygen atoms in total. The van der Waals surface area contributed by atoms with Gasteiger partial charge in [-0.1, -0.05) is 12.8 Å². The van der Waals surface area contributed by atoms with Gasteiger partial charge in [-0.3, -0.25) is 0 Å². The van der Waals surface area contributed by atoms with E-state index in [1.807, 2.05) is 0 Å². The Morgan fingerprint density at radius 1 is 1.25 bits per heavy atom. The molecule has 0 unspecified atom stereocenters. The molecule has 0 saturated heterocycles. The van der Waals surface area contributed by atoms with Crippen LogP contribution < -0.4 is 10.6 Å². The van der Waals surface area contributed by atoms with Gasteiger partial charge in [-0.05, 0) is 53.0 Å². The molecule has 1 fully saturated rings. The summed E-state index contributed by atoms with van der Waals surface area (Å²) >= 11 is 5.31. The summed E-state index contributed by atoms with van der Waals surface area (Å²) in [5.74, 6) is 0. The Labute approximate surface area is 105 Å². The summed E-state index contributed by atoms with van der Waals surface area (Å²) < 4.78 is 0. The first-order valence-electron chi connectivity index (χ1n) is 6.24. The lowest BCUT2D eigenvalue weighted by Crippen LogP contribution is -2.54. The van der Waals surface area contributed by atoms with Crippen LogP contribution in [0.5, 0.6) is 0 Å². The highest BCUT2D eigenvalue weighted by Gasteiger charge is 2.26. The van der Waals surface area contributed by atoms with Crippen LogP contribution in [0.3, 0.4) is 0 Å². The molecule has 0 bridgehead atoms. The summed E-state index contributed by atoms with van der Waals surface area (Å²) in [6.45, 7) is 4.22. The van der Waals surface area contributed by atoms with Gasteiger partial charge in [-0.15, -0.1) is 0 Å². The molecule has 94 valence electrons. The van der Waals surface area contributed by atoms with Crippen molar-refractivity contribution in [3.8, 4) is 0 Å². The molecule has 0 spiro atoms. The summed E-state index contributed by atoms with van der Waals surface area (Å²) in [5.41, 5.74) is 0. The van der Waals surface area contributed by atoms with E-state index in [1.165, 1.54) is 25.7 Å². The third-order valence-electron chi connectivity index (χ3n) is 3.13. The maximum Gasteiger partial charge on any atom is 0.166 e. The SMILES string of the molecule is CC(C)NC(=S)N[C@@H]1CCCC[C@H]1N(C)C.